The Labute approximate surface area is 146 Å². The number of anilines is 1. The van der Waals surface area contributed by atoms with Gasteiger partial charge in [-0.15, -0.1) is 0 Å². The first-order valence-corrected chi connectivity index (χ1v) is 8.38. The molecule has 1 aliphatic carbocycles. The number of hydrogen-bond acceptors (Lipinski definition) is 4. The van der Waals surface area contributed by atoms with E-state index < -0.39 is 0 Å². The summed E-state index contributed by atoms with van der Waals surface area (Å²) < 4.78 is 5.43. The van der Waals surface area contributed by atoms with E-state index >= 15 is 0 Å². The van der Waals surface area contributed by atoms with E-state index in [1.165, 1.54) is 0 Å². The summed E-state index contributed by atoms with van der Waals surface area (Å²) in [6.45, 7) is 2.88. The number of rotatable bonds is 7. The van der Waals surface area contributed by atoms with E-state index in [1.54, 1.807) is 30.5 Å². The van der Waals surface area contributed by atoms with Gasteiger partial charge in [0.2, 0.25) is 5.91 Å². The molecule has 1 heterocycles. The monoisotopic (exact) mass is 339 g/mol. The van der Waals surface area contributed by atoms with Crippen LogP contribution in [-0.2, 0) is 16.1 Å². The average molecular weight is 339 g/mol. The maximum Gasteiger partial charge on any atom is 0.251 e. The van der Waals surface area contributed by atoms with Gasteiger partial charge < -0.3 is 15.4 Å². The molecule has 2 aromatic rings. The molecule has 1 saturated carbocycles. The Morgan fingerprint density at radius 1 is 1.24 bits per heavy atom. The van der Waals surface area contributed by atoms with Gasteiger partial charge in [-0.3, -0.25) is 14.6 Å². The van der Waals surface area contributed by atoms with E-state index in [0.717, 1.165) is 12.1 Å². The van der Waals surface area contributed by atoms with E-state index in [4.69, 9.17) is 4.74 Å². The summed E-state index contributed by atoms with van der Waals surface area (Å²) >= 11 is 0. The minimum Gasteiger partial charge on any atom is -0.378 e. The van der Waals surface area contributed by atoms with Crippen molar-refractivity contribution < 1.29 is 14.3 Å². The third-order valence-electron chi connectivity index (χ3n) is 4.00. The van der Waals surface area contributed by atoms with Crippen LogP contribution >= 0.6 is 0 Å². The largest absolute Gasteiger partial charge is 0.378 e. The fraction of sp³-hybridized carbons (Fsp3) is 0.316. The van der Waals surface area contributed by atoms with Crippen molar-refractivity contribution in [3.63, 3.8) is 0 Å². The number of carbonyl (C=O) groups is 2. The fourth-order valence-corrected chi connectivity index (χ4v) is 2.59. The molecular weight excluding hydrogens is 318 g/mol. The molecule has 2 atom stereocenters. The number of carbonyl (C=O) groups excluding carboxylic acids is 2. The highest BCUT2D eigenvalue weighted by Crippen LogP contribution is 2.34. The summed E-state index contributed by atoms with van der Waals surface area (Å²) in [6, 6.07) is 12.4. The highest BCUT2D eigenvalue weighted by Gasteiger charge is 2.43. The van der Waals surface area contributed by atoms with Crippen molar-refractivity contribution >= 4 is 17.5 Å². The summed E-state index contributed by atoms with van der Waals surface area (Å²) in [6.07, 6.45) is 2.46. The summed E-state index contributed by atoms with van der Waals surface area (Å²) in [7, 11) is 0. The predicted octanol–water partition coefficient (Wildman–Crippen LogP) is 2.38. The number of nitrogens with one attached hydrogen (secondary N) is 2. The molecule has 6 heteroatoms. The predicted molar refractivity (Wildman–Crippen MR) is 94.0 cm³/mol. The van der Waals surface area contributed by atoms with Crippen LogP contribution in [0.25, 0.3) is 0 Å². The third-order valence-corrected chi connectivity index (χ3v) is 4.00. The zero-order chi connectivity index (χ0) is 17.6. The molecule has 1 fully saturated rings. The Balaban J connectivity index is 1.55. The summed E-state index contributed by atoms with van der Waals surface area (Å²) in [4.78, 5) is 28.6. The standard InChI is InChI=1S/C19H21N3O3/c1-2-25-17-11-16(17)19(24)22-14-8-5-6-13(10-14)18(23)21-12-15-7-3-4-9-20-15/h3-10,16-17H,2,11-12H2,1H3,(H,21,23)(H,22,24). The molecule has 0 aliphatic heterocycles. The molecular formula is C19H21N3O3. The van der Waals surface area contributed by atoms with Crippen LogP contribution in [0, 0.1) is 5.92 Å². The lowest BCUT2D eigenvalue weighted by molar-refractivity contribution is -0.118. The maximum atomic E-state index is 12.3. The van der Waals surface area contributed by atoms with E-state index in [2.05, 4.69) is 15.6 Å². The topological polar surface area (TPSA) is 80.3 Å². The van der Waals surface area contributed by atoms with Crippen LogP contribution in [0.15, 0.2) is 48.7 Å². The lowest BCUT2D eigenvalue weighted by Crippen LogP contribution is -2.23. The molecule has 0 radical (unpaired) electrons. The van der Waals surface area contributed by atoms with Gasteiger partial charge in [-0.05, 0) is 43.7 Å². The number of hydrogen-bond donors (Lipinski definition) is 2. The van der Waals surface area contributed by atoms with Crippen molar-refractivity contribution in [3.05, 3.63) is 59.9 Å². The van der Waals surface area contributed by atoms with Crippen LogP contribution in [0.1, 0.15) is 29.4 Å². The van der Waals surface area contributed by atoms with Crippen molar-refractivity contribution in [2.24, 2.45) is 5.92 Å². The molecule has 6 nitrogen and oxygen atoms in total. The number of ether oxygens (including phenoxy) is 1. The SMILES string of the molecule is CCOC1CC1C(=O)Nc1cccc(C(=O)NCc2ccccn2)c1. The first-order valence-electron chi connectivity index (χ1n) is 8.38. The van der Waals surface area contributed by atoms with Crippen LogP contribution < -0.4 is 10.6 Å². The lowest BCUT2D eigenvalue weighted by atomic mass is 10.2. The van der Waals surface area contributed by atoms with Gasteiger partial charge >= 0.3 is 0 Å². The van der Waals surface area contributed by atoms with Crippen molar-refractivity contribution in [1.82, 2.24) is 10.3 Å². The second kappa shape index (κ2) is 7.90. The Morgan fingerprint density at radius 2 is 2.12 bits per heavy atom. The molecule has 0 saturated heterocycles. The number of nitrogens with zero attached hydrogens (tertiary/aromatic N) is 1. The first kappa shape index (κ1) is 17.1. The minimum atomic E-state index is -0.208. The van der Waals surface area contributed by atoms with E-state index in [-0.39, 0.29) is 23.8 Å². The number of amides is 2. The molecule has 3 rings (SSSR count). The molecule has 2 amide bonds. The molecule has 0 spiro atoms. The van der Waals surface area contributed by atoms with Gasteiger partial charge in [0.15, 0.2) is 0 Å². The number of aromatic nitrogens is 1. The van der Waals surface area contributed by atoms with Gasteiger partial charge in [0.25, 0.3) is 5.91 Å². The minimum absolute atomic E-state index is 0.0230. The van der Waals surface area contributed by atoms with Crippen molar-refractivity contribution in [2.45, 2.75) is 26.0 Å². The van der Waals surface area contributed by atoms with Crippen LogP contribution in [0.5, 0.6) is 0 Å². The Kier molecular flexibility index (Phi) is 5.40. The van der Waals surface area contributed by atoms with Gasteiger partial charge in [-0.25, -0.2) is 0 Å². The quantitative estimate of drug-likeness (QED) is 0.811. The van der Waals surface area contributed by atoms with Crippen LogP contribution in [-0.4, -0.2) is 29.5 Å². The van der Waals surface area contributed by atoms with E-state index in [9.17, 15) is 9.59 Å². The summed E-state index contributed by atoms with van der Waals surface area (Å²) in [5.74, 6) is -0.369. The molecule has 2 N–H and O–H groups in total. The second-order valence-corrected chi connectivity index (χ2v) is 5.91. The Morgan fingerprint density at radius 3 is 2.88 bits per heavy atom. The zero-order valence-corrected chi connectivity index (χ0v) is 14.1. The average Bonchev–Trinajstić information content (AvgIpc) is 3.40. The third kappa shape index (κ3) is 4.64. The van der Waals surface area contributed by atoms with Gasteiger partial charge in [-0.1, -0.05) is 12.1 Å². The summed E-state index contributed by atoms with van der Waals surface area (Å²) in [5, 5.41) is 5.67. The van der Waals surface area contributed by atoms with Gasteiger partial charge in [0.05, 0.1) is 24.3 Å². The van der Waals surface area contributed by atoms with Gasteiger partial charge in [0, 0.05) is 24.1 Å². The van der Waals surface area contributed by atoms with Crippen LogP contribution in [0.2, 0.25) is 0 Å². The molecule has 1 aliphatic rings. The molecule has 1 aromatic heterocycles. The smallest absolute Gasteiger partial charge is 0.251 e. The van der Waals surface area contributed by atoms with E-state index in [0.29, 0.717) is 24.4 Å². The van der Waals surface area contributed by atoms with Crippen molar-refractivity contribution in [2.75, 3.05) is 11.9 Å². The Bertz CT molecular complexity index is 749. The number of benzene rings is 1. The highest BCUT2D eigenvalue weighted by atomic mass is 16.5. The molecule has 130 valence electrons. The lowest BCUT2D eigenvalue weighted by Gasteiger charge is -2.08. The summed E-state index contributed by atoms with van der Waals surface area (Å²) in [5.41, 5.74) is 1.89. The van der Waals surface area contributed by atoms with Crippen molar-refractivity contribution in [3.8, 4) is 0 Å². The Hall–Kier alpha value is -2.73. The van der Waals surface area contributed by atoms with Crippen LogP contribution in [0.4, 0.5) is 5.69 Å². The van der Waals surface area contributed by atoms with Gasteiger partial charge in [-0.2, -0.15) is 0 Å². The highest BCUT2D eigenvalue weighted by molar-refractivity contribution is 5.98. The normalized spacial score (nSPS) is 18.4. The second-order valence-electron chi connectivity index (χ2n) is 5.91. The molecule has 2 unspecified atom stereocenters. The molecule has 0 bridgehead atoms. The van der Waals surface area contributed by atoms with Crippen LogP contribution in [0.3, 0.4) is 0 Å². The maximum absolute atomic E-state index is 12.3. The van der Waals surface area contributed by atoms with Crippen molar-refractivity contribution in [1.29, 1.82) is 0 Å². The number of pyridine rings is 1. The first-order chi connectivity index (χ1) is 12.2. The zero-order valence-electron chi connectivity index (χ0n) is 14.1. The molecule has 1 aromatic carbocycles. The fourth-order valence-electron chi connectivity index (χ4n) is 2.59. The molecule has 25 heavy (non-hydrogen) atoms. The van der Waals surface area contributed by atoms with Gasteiger partial charge in [0.1, 0.15) is 0 Å². The van der Waals surface area contributed by atoms with E-state index in [1.807, 2.05) is 25.1 Å².